The summed E-state index contributed by atoms with van der Waals surface area (Å²) >= 11 is 0. The molecule has 1 aliphatic heterocycles. The number of rotatable bonds is 8. The van der Waals surface area contributed by atoms with Crippen LogP contribution in [-0.4, -0.2) is 36.3 Å². The average Bonchev–Trinajstić information content (AvgIpc) is 3.13. The van der Waals surface area contributed by atoms with Crippen LogP contribution >= 0.6 is 0 Å². The van der Waals surface area contributed by atoms with Crippen molar-refractivity contribution in [2.24, 2.45) is 5.92 Å². The van der Waals surface area contributed by atoms with Crippen LogP contribution in [0.15, 0.2) is 42.5 Å². The van der Waals surface area contributed by atoms with Gasteiger partial charge in [0.25, 0.3) is 0 Å². The lowest BCUT2D eigenvalue weighted by Gasteiger charge is -2.20. The first kappa shape index (κ1) is 22.5. The molecule has 31 heavy (non-hydrogen) atoms. The lowest BCUT2D eigenvalue weighted by atomic mass is 9.95. The van der Waals surface area contributed by atoms with Crippen LogP contribution in [0.2, 0.25) is 0 Å². The van der Waals surface area contributed by atoms with E-state index in [2.05, 4.69) is 16.7 Å². The molecule has 2 amide bonds. The van der Waals surface area contributed by atoms with Crippen LogP contribution in [-0.2, 0) is 16.0 Å². The molecule has 0 unspecified atom stereocenters. The molecule has 1 heterocycles. The van der Waals surface area contributed by atoms with E-state index in [0.717, 1.165) is 22.4 Å². The fraction of sp³-hybridized carbons (Fsp3) is 0.400. The first-order chi connectivity index (χ1) is 14.7. The predicted octanol–water partition coefficient (Wildman–Crippen LogP) is 3.53. The van der Waals surface area contributed by atoms with Crippen LogP contribution < -0.4 is 15.4 Å². The summed E-state index contributed by atoms with van der Waals surface area (Å²) in [5.41, 5.74) is 3.62. The number of carbonyl (C=O) groups excluding carboxylic acids is 3. The molecule has 0 spiro atoms. The fourth-order valence-corrected chi connectivity index (χ4v) is 3.93. The van der Waals surface area contributed by atoms with E-state index in [4.69, 9.17) is 4.74 Å². The monoisotopic (exact) mass is 422 g/mol. The Bertz CT molecular complexity index is 983. The van der Waals surface area contributed by atoms with Crippen molar-refractivity contribution in [1.82, 2.24) is 10.6 Å². The summed E-state index contributed by atoms with van der Waals surface area (Å²) < 4.78 is 6.00. The van der Waals surface area contributed by atoms with Gasteiger partial charge in [-0.25, -0.2) is 0 Å². The molecule has 1 aliphatic rings. The Balaban J connectivity index is 1.66. The van der Waals surface area contributed by atoms with Gasteiger partial charge in [0.15, 0.2) is 5.78 Å². The zero-order chi connectivity index (χ0) is 22.5. The highest BCUT2D eigenvalue weighted by atomic mass is 16.5. The highest BCUT2D eigenvalue weighted by molar-refractivity contribution is 6.00. The molecular formula is C25H30N2O4. The minimum absolute atomic E-state index is 0.0306. The summed E-state index contributed by atoms with van der Waals surface area (Å²) in [6.45, 7) is 7.38. The van der Waals surface area contributed by atoms with Crippen molar-refractivity contribution in [2.75, 3.05) is 6.54 Å². The summed E-state index contributed by atoms with van der Waals surface area (Å²) in [6, 6.07) is 13.0. The van der Waals surface area contributed by atoms with Gasteiger partial charge in [-0.2, -0.15) is 0 Å². The van der Waals surface area contributed by atoms with Gasteiger partial charge in [0.1, 0.15) is 17.9 Å². The van der Waals surface area contributed by atoms with E-state index in [1.54, 1.807) is 6.92 Å². The largest absolute Gasteiger partial charge is 0.488 e. The highest BCUT2D eigenvalue weighted by Crippen LogP contribution is 2.34. The first-order valence-corrected chi connectivity index (χ1v) is 10.7. The second-order valence-corrected chi connectivity index (χ2v) is 8.50. The van der Waals surface area contributed by atoms with Gasteiger partial charge in [-0.15, -0.1) is 0 Å². The quantitative estimate of drug-likeness (QED) is 0.638. The molecule has 2 aromatic rings. The van der Waals surface area contributed by atoms with Gasteiger partial charge >= 0.3 is 0 Å². The zero-order valence-electron chi connectivity index (χ0n) is 18.5. The van der Waals surface area contributed by atoms with E-state index < -0.39 is 6.04 Å². The number of hydrogen-bond donors (Lipinski definition) is 2. The van der Waals surface area contributed by atoms with Gasteiger partial charge in [0.2, 0.25) is 11.8 Å². The van der Waals surface area contributed by atoms with Crippen LogP contribution in [0.4, 0.5) is 0 Å². The molecule has 6 nitrogen and oxygen atoms in total. The predicted molar refractivity (Wildman–Crippen MR) is 120 cm³/mol. The summed E-state index contributed by atoms with van der Waals surface area (Å²) in [5.74, 6) is 0.695. The van der Waals surface area contributed by atoms with Gasteiger partial charge in [-0.05, 0) is 48.1 Å². The Morgan fingerprint density at radius 2 is 1.84 bits per heavy atom. The summed E-state index contributed by atoms with van der Waals surface area (Å²) in [4.78, 5) is 36.0. The molecule has 2 aromatic carbocycles. The molecule has 0 fully saturated rings. The Hall–Kier alpha value is -3.15. The molecule has 0 saturated carbocycles. The van der Waals surface area contributed by atoms with E-state index in [1.807, 2.05) is 50.2 Å². The number of ether oxygens (including phenoxy) is 1. The molecule has 3 rings (SSSR count). The minimum atomic E-state index is -0.545. The van der Waals surface area contributed by atoms with Crippen molar-refractivity contribution in [1.29, 1.82) is 0 Å². The van der Waals surface area contributed by atoms with Crippen molar-refractivity contribution in [3.05, 3.63) is 53.6 Å². The number of amides is 2. The Kier molecular flexibility index (Phi) is 7.10. The minimum Gasteiger partial charge on any atom is -0.488 e. The molecule has 0 radical (unpaired) electrons. The molecule has 164 valence electrons. The van der Waals surface area contributed by atoms with Gasteiger partial charge < -0.3 is 15.4 Å². The third-order valence-corrected chi connectivity index (χ3v) is 5.32. The van der Waals surface area contributed by atoms with E-state index in [-0.39, 0.29) is 29.6 Å². The number of fused-ring (bicyclic) bond motifs is 1. The molecule has 6 heteroatoms. The van der Waals surface area contributed by atoms with Gasteiger partial charge in [0.05, 0.1) is 6.54 Å². The van der Waals surface area contributed by atoms with Crippen LogP contribution in [0, 0.1) is 5.92 Å². The summed E-state index contributed by atoms with van der Waals surface area (Å²) in [6.07, 6.45) is 1.07. The number of nitrogens with one attached hydrogen (secondary N) is 2. The molecule has 0 saturated heterocycles. The smallest absolute Gasteiger partial charge is 0.242 e. The maximum Gasteiger partial charge on any atom is 0.242 e. The lowest BCUT2D eigenvalue weighted by Crippen LogP contribution is -2.48. The van der Waals surface area contributed by atoms with Crippen molar-refractivity contribution in [2.45, 2.75) is 52.7 Å². The molecule has 2 atom stereocenters. The number of carbonyl (C=O) groups is 3. The second-order valence-electron chi connectivity index (χ2n) is 8.50. The SMILES string of the molecule is CC(=O)N[C@@H](CC(C)C)C(=O)NC[C@H]1Cc2cc(-c3ccccc3C(C)=O)ccc2O1. The van der Waals surface area contributed by atoms with E-state index in [1.165, 1.54) is 6.92 Å². The van der Waals surface area contributed by atoms with Crippen LogP contribution in [0.5, 0.6) is 5.75 Å². The topological polar surface area (TPSA) is 84.5 Å². The standard InChI is InChI=1S/C25H30N2O4/c1-15(2)11-23(27-17(4)29)25(30)26-14-20-13-19-12-18(9-10-24(19)31-20)22-8-6-5-7-21(22)16(3)28/h5-10,12,15,20,23H,11,13-14H2,1-4H3,(H,26,30)(H,27,29)/t20-,23+/m1/s1. The molecule has 0 aliphatic carbocycles. The number of Topliss-reactive ketones (excluding diaryl/α,β-unsaturated/α-hetero) is 1. The number of hydrogen-bond acceptors (Lipinski definition) is 4. The van der Waals surface area contributed by atoms with Crippen molar-refractivity contribution in [3.8, 4) is 16.9 Å². The van der Waals surface area contributed by atoms with Gasteiger partial charge in [0, 0.05) is 18.9 Å². The lowest BCUT2D eigenvalue weighted by molar-refractivity contribution is -0.128. The molecule has 0 bridgehead atoms. The summed E-state index contributed by atoms with van der Waals surface area (Å²) in [7, 11) is 0. The van der Waals surface area contributed by atoms with E-state index in [9.17, 15) is 14.4 Å². The van der Waals surface area contributed by atoms with Crippen molar-refractivity contribution < 1.29 is 19.1 Å². The Morgan fingerprint density at radius 1 is 1.10 bits per heavy atom. The normalized spacial score (nSPS) is 15.7. The zero-order valence-corrected chi connectivity index (χ0v) is 18.5. The van der Waals surface area contributed by atoms with Gasteiger partial charge in [-0.1, -0.05) is 44.2 Å². The first-order valence-electron chi connectivity index (χ1n) is 10.7. The van der Waals surface area contributed by atoms with Crippen molar-refractivity contribution in [3.63, 3.8) is 0 Å². The Morgan fingerprint density at radius 3 is 2.52 bits per heavy atom. The van der Waals surface area contributed by atoms with Crippen LogP contribution in [0.25, 0.3) is 11.1 Å². The van der Waals surface area contributed by atoms with E-state index >= 15 is 0 Å². The molecule has 0 aromatic heterocycles. The van der Waals surface area contributed by atoms with Gasteiger partial charge in [-0.3, -0.25) is 14.4 Å². The van der Waals surface area contributed by atoms with Crippen LogP contribution in [0.3, 0.4) is 0 Å². The van der Waals surface area contributed by atoms with Crippen molar-refractivity contribution >= 4 is 17.6 Å². The highest BCUT2D eigenvalue weighted by Gasteiger charge is 2.26. The van der Waals surface area contributed by atoms with E-state index in [0.29, 0.717) is 24.9 Å². The second kappa shape index (κ2) is 9.77. The summed E-state index contributed by atoms with van der Waals surface area (Å²) in [5, 5.41) is 5.64. The molecular weight excluding hydrogens is 392 g/mol. The number of benzene rings is 2. The molecule has 2 N–H and O–H groups in total. The number of ketones is 1. The third kappa shape index (κ3) is 5.72. The third-order valence-electron chi connectivity index (χ3n) is 5.32. The van der Waals surface area contributed by atoms with Crippen LogP contribution in [0.1, 0.15) is 50.0 Å². The maximum absolute atomic E-state index is 12.6. The Labute approximate surface area is 183 Å². The average molecular weight is 423 g/mol. The fourth-order valence-electron chi connectivity index (χ4n) is 3.93. The maximum atomic E-state index is 12.6.